The highest BCUT2D eigenvalue weighted by molar-refractivity contribution is 14.1. The van der Waals surface area contributed by atoms with Gasteiger partial charge in [-0.25, -0.2) is 13.8 Å². The van der Waals surface area contributed by atoms with Crippen molar-refractivity contribution in [2.24, 2.45) is 5.92 Å². The fraction of sp³-hybridized carbons (Fsp3) is 0.238. The Labute approximate surface area is 182 Å². The normalized spacial score (nSPS) is 17.4. The molecule has 1 aromatic carbocycles. The van der Waals surface area contributed by atoms with E-state index in [1.54, 1.807) is 0 Å². The minimum absolute atomic E-state index is 0.00141. The predicted octanol–water partition coefficient (Wildman–Crippen LogP) is 5.99. The molecule has 0 bridgehead atoms. The van der Waals surface area contributed by atoms with Crippen molar-refractivity contribution in [2.75, 3.05) is 0 Å². The Balaban J connectivity index is 1.77. The van der Waals surface area contributed by atoms with E-state index in [0.717, 1.165) is 18.2 Å². The molecule has 1 aromatic heterocycles. The summed E-state index contributed by atoms with van der Waals surface area (Å²) in [4.78, 5) is 16.9. The first kappa shape index (κ1) is 22.4. The SMILES string of the molecule is O=C(c1cccnc1OC1=CC=CC(C(F)(F)F)C1)C(I)Cc1ccc(F)cc1F. The lowest BCUT2D eigenvalue weighted by atomic mass is 9.99. The summed E-state index contributed by atoms with van der Waals surface area (Å²) >= 11 is 1.83. The summed E-state index contributed by atoms with van der Waals surface area (Å²) in [7, 11) is 0. The van der Waals surface area contributed by atoms with Gasteiger partial charge in [-0.1, -0.05) is 40.8 Å². The van der Waals surface area contributed by atoms with E-state index < -0.39 is 39.9 Å². The number of alkyl halides is 4. The largest absolute Gasteiger partial charge is 0.443 e. The Bertz CT molecular complexity index is 1000. The van der Waals surface area contributed by atoms with E-state index >= 15 is 0 Å². The molecule has 1 heterocycles. The maximum absolute atomic E-state index is 13.9. The van der Waals surface area contributed by atoms with Crippen LogP contribution < -0.4 is 4.74 Å². The van der Waals surface area contributed by atoms with Gasteiger partial charge in [-0.05, 0) is 36.3 Å². The van der Waals surface area contributed by atoms with Crippen LogP contribution in [0.2, 0.25) is 0 Å². The zero-order valence-electron chi connectivity index (χ0n) is 15.3. The van der Waals surface area contributed by atoms with E-state index in [9.17, 15) is 26.7 Å². The number of halogens is 6. The molecular weight excluding hydrogens is 520 g/mol. The van der Waals surface area contributed by atoms with Crippen LogP contribution in [0.1, 0.15) is 22.3 Å². The van der Waals surface area contributed by atoms with Crippen LogP contribution in [0.5, 0.6) is 5.88 Å². The Morgan fingerprint density at radius 1 is 1.27 bits per heavy atom. The first-order valence-corrected chi connectivity index (χ1v) is 10.1. The lowest BCUT2D eigenvalue weighted by Gasteiger charge is -2.21. The molecule has 9 heteroatoms. The van der Waals surface area contributed by atoms with Crippen LogP contribution in [0.25, 0.3) is 0 Å². The highest BCUT2D eigenvalue weighted by Gasteiger charge is 2.39. The minimum atomic E-state index is -4.41. The summed E-state index contributed by atoms with van der Waals surface area (Å²) in [5.74, 6) is -3.68. The van der Waals surface area contributed by atoms with Gasteiger partial charge in [0.2, 0.25) is 5.88 Å². The smallest absolute Gasteiger partial charge is 0.395 e. The number of hydrogen-bond acceptors (Lipinski definition) is 3. The molecule has 158 valence electrons. The minimum Gasteiger partial charge on any atom is -0.443 e. The highest BCUT2D eigenvalue weighted by Crippen LogP contribution is 2.35. The van der Waals surface area contributed by atoms with Crippen LogP contribution in [-0.2, 0) is 6.42 Å². The van der Waals surface area contributed by atoms with Crippen LogP contribution in [0.15, 0.2) is 60.5 Å². The molecule has 0 saturated carbocycles. The number of allylic oxidation sites excluding steroid dienone is 4. The molecule has 0 saturated heterocycles. The van der Waals surface area contributed by atoms with Gasteiger partial charge in [0, 0.05) is 18.7 Å². The van der Waals surface area contributed by atoms with Crippen molar-refractivity contribution in [1.29, 1.82) is 0 Å². The van der Waals surface area contributed by atoms with Gasteiger partial charge in [-0.3, -0.25) is 4.79 Å². The van der Waals surface area contributed by atoms with Crippen molar-refractivity contribution >= 4 is 28.4 Å². The van der Waals surface area contributed by atoms with Crippen LogP contribution in [0.3, 0.4) is 0 Å². The molecule has 0 aliphatic heterocycles. The molecule has 2 aromatic rings. The fourth-order valence-electron chi connectivity index (χ4n) is 2.88. The Morgan fingerprint density at radius 2 is 2.03 bits per heavy atom. The quantitative estimate of drug-likeness (QED) is 0.198. The van der Waals surface area contributed by atoms with Gasteiger partial charge in [0.15, 0.2) is 5.78 Å². The topological polar surface area (TPSA) is 39.2 Å². The molecular formula is C21H15F5INO2. The number of ether oxygens (including phenoxy) is 1. The number of rotatable bonds is 6. The average molecular weight is 535 g/mol. The van der Waals surface area contributed by atoms with Crippen molar-refractivity contribution in [3.05, 3.63) is 83.3 Å². The maximum Gasteiger partial charge on any atom is 0.395 e. The monoisotopic (exact) mass is 535 g/mol. The van der Waals surface area contributed by atoms with Crippen LogP contribution in [0, 0.1) is 17.6 Å². The summed E-state index contributed by atoms with van der Waals surface area (Å²) < 4.78 is 70.7. The summed E-state index contributed by atoms with van der Waals surface area (Å²) in [6, 6.07) is 6.04. The lowest BCUT2D eigenvalue weighted by molar-refractivity contribution is -0.162. The molecule has 1 aliphatic carbocycles. The molecule has 2 atom stereocenters. The maximum atomic E-state index is 13.9. The lowest BCUT2D eigenvalue weighted by Crippen LogP contribution is -2.24. The second-order valence-electron chi connectivity index (χ2n) is 6.60. The number of ketones is 1. The number of pyridine rings is 1. The van der Waals surface area contributed by atoms with Gasteiger partial charge in [-0.15, -0.1) is 0 Å². The zero-order valence-corrected chi connectivity index (χ0v) is 17.5. The number of nitrogens with zero attached hydrogens (tertiary/aromatic N) is 1. The standard InChI is InChI=1S/C21H15F5INO2/c22-14-7-6-12(17(23)11-14)9-18(27)19(29)16-5-2-8-28-20(16)30-15-4-1-3-13(10-15)21(24,25)26/h1-8,11,13,18H,9-10H2. The van der Waals surface area contributed by atoms with Crippen molar-refractivity contribution < 1.29 is 31.5 Å². The first-order chi connectivity index (χ1) is 14.1. The molecule has 0 amide bonds. The fourth-order valence-corrected chi connectivity index (χ4v) is 3.69. The molecule has 0 N–H and O–H groups in total. The van der Waals surface area contributed by atoms with Gasteiger partial charge in [0.25, 0.3) is 0 Å². The van der Waals surface area contributed by atoms with Gasteiger partial charge < -0.3 is 4.74 Å². The summed E-state index contributed by atoms with van der Waals surface area (Å²) in [6.45, 7) is 0. The molecule has 30 heavy (non-hydrogen) atoms. The summed E-state index contributed by atoms with van der Waals surface area (Å²) in [6.07, 6.45) is 0.221. The Kier molecular flexibility index (Phi) is 6.89. The van der Waals surface area contributed by atoms with Crippen LogP contribution in [0.4, 0.5) is 22.0 Å². The second-order valence-corrected chi connectivity index (χ2v) is 8.10. The molecule has 3 nitrogen and oxygen atoms in total. The van der Waals surface area contributed by atoms with Crippen LogP contribution in [-0.4, -0.2) is 20.9 Å². The molecule has 1 aliphatic rings. The van der Waals surface area contributed by atoms with E-state index in [-0.39, 0.29) is 29.2 Å². The number of hydrogen-bond donors (Lipinski definition) is 0. The molecule has 3 rings (SSSR count). The van der Waals surface area contributed by atoms with Gasteiger partial charge in [0.1, 0.15) is 17.4 Å². The van der Waals surface area contributed by atoms with Gasteiger partial charge >= 0.3 is 6.18 Å². The second kappa shape index (κ2) is 9.23. The third-order valence-electron chi connectivity index (χ3n) is 4.43. The Morgan fingerprint density at radius 3 is 2.73 bits per heavy atom. The third-order valence-corrected chi connectivity index (χ3v) is 5.44. The number of carbonyl (C=O) groups excluding carboxylic acids is 1. The Hall–Kier alpha value is -2.30. The number of benzene rings is 1. The van der Waals surface area contributed by atoms with E-state index in [2.05, 4.69) is 4.98 Å². The van der Waals surface area contributed by atoms with Gasteiger partial charge in [0.05, 0.1) is 15.4 Å². The van der Waals surface area contributed by atoms with Crippen molar-refractivity contribution in [1.82, 2.24) is 4.98 Å². The average Bonchev–Trinajstić information content (AvgIpc) is 2.69. The molecule has 0 spiro atoms. The van der Waals surface area contributed by atoms with E-state index in [0.29, 0.717) is 0 Å². The summed E-state index contributed by atoms with van der Waals surface area (Å²) in [5.41, 5.74) is 0.238. The number of Topliss-reactive ketones (excluding diaryl/α,β-unsaturated/α-hetero) is 1. The van der Waals surface area contributed by atoms with Crippen LogP contribution >= 0.6 is 22.6 Å². The number of carbonyl (C=O) groups is 1. The van der Waals surface area contributed by atoms with E-state index in [1.165, 1.54) is 36.5 Å². The van der Waals surface area contributed by atoms with E-state index in [1.807, 2.05) is 22.6 Å². The zero-order chi connectivity index (χ0) is 21.9. The van der Waals surface area contributed by atoms with Gasteiger partial charge in [-0.2, -0.15) is 13.2 Å². The highest BCUT2D eigenvalue weighted by atomic mass is 127. The molecule has 2 unspecified atom stereocenters. The van der Waals surface area contributed by atoms with Crippen molar-refractivity contribution in [2.45, 2.75) is 22.9 Å². The van der Waals surface area contributed by atoms with Crippen molar-refractivity contribution in [3.63, 3.8) is 0 Å². The third kappa shape index (κ3) is 5.44. The first-order valence-electron chi connectivity index (χ1n) is 8.84. The summed E-state index contributed by atoms with van der Waals surface area (Å²) in [5, 5.41) is 0. The molecule has 0 fully saturated rings. The van der Waals surface area contributed by atoms with E-state index in [4.69, 9.17) is 4.74 Å². The predicted molar refractivity (Wildman–Crippen MR) is 108 cm³/mol. The number of aromatic nitrogens is 1. The van der Waals surface area contributed by atoms with Crippen molar-refractivity contribution in [3.8, 4) is 5.88 Å². The molecule has 0 radical (unpaired) electrons.